The first-order valence-corrected chi connectivity index (χ1v) is 10.4. The van der Waals surface area contributed by atoms with E-state index in [-0.39, 0.29) is 11.8 Å². The molecule has 2 N–H and O–H groups in total. The van der Waals surface area contributed by atoms with E-state index in [1.54, 1.807) is 13.2 Å². The number of hydrogen-bond acceptors (Lipinski definition) is 4. The molecule has 0 unspecified atom stereocenters. The summed E-state index contributed by atoms with van der Waals surface area (Å²) in [7, 11) is 5.40. The van der Waals surface area contributed by atoms with Gasteiger partial charge in [-0.3, -0.25) is 9.59 Å². The molecule has 6 heteroatoms. The lowest BCUT2D eigenvalue weighted by Crippen LogP contribution is -2.27. The molecule has 0 aromatic heterocycles. The Morgan fingerprint density at radius 3 is 2.37 bits per heavy atom. The van der Waals surface area contributed by atoms with Gasteiger partial charge in [0.1, 0.15) is 0 Å². The highest BCUT2D eigenvalue weighted by Gasteiger charge is 2.15. The van der Waals surface area contributed by atoms with Crippen LogP contribution >= 0.6 is 0 Å². The molecule has 0 heterocycles. The minimum Gasteiger partial charge on any atom is -0.385 e. The zero-order chi connectivity index (χ0) is 21.9. The van der Waals surface area contributed by atoms with Gasteiger partial charge in [-0.05, 0) is 55.2 Å². The molecule has 0 bridgehead atoms. The van der Waals surface area contributed by atoms with E-state index >= 15 is 0 Å². The van der Waals surface area contributed by atoms with Crippen molar-refractivity contribution in [2.24, 2.45) is 0 Å². The van der Waals surface area contributed by atoms with Crippen LogP contribution in [0.2, 0.25) is 0 Å². The Hall–Kier alpha value is -2.86. The Kier molecular flexibility index (Phi) is 9.35. The molecule has 0 aliphatic rings. The van der Waals surface area contributed by atoms with Crippen molar-refractivity contribution < 1.29 is 14.3 Å². The molecular formula is C24H33N3O3. The van der Waals surface area contributed by atoms with E-state index in [1.165, 1.54) is 5.56 Å². The summed E-state index contributed by atoms with van der Waals surface area (Å²) in [5.74, 6) is -0.368. The molecule has 2 amide bonds. The maximum Gasteiger partial charge on any atom is 0.255 e. The molecule has 0 atom stereocenters. The van der Waals surface area contributed by atoms with Crippen LogP contribution in [0.4, 0.5) is 11.4 Å². The van der Waals surface area contributed by atoms with Gasteiger partial charge in [0.15, 0.2) is 0 Å². The van der Waals surface area contributed by atoms with Crippen molar-refractivity contribution >= 4 is 23.2 Å². The van der Waals surface area contributed by atoms with Gasteiger partial charge in [0.05, 0.1) is 5.56 Å². The molecule has 0 spiro atoms. The first-order valence-electron chi connectivity index (χ1n) is 10.4. The number of carbonyl (C=O) groups excluding carboxylic acids is 2. The topological polar surface area (TPSA) is 70.7 Å². The van der Waals surface area contributed by atoms with Crippen LogP contribution in [0, 0.1) is 0 Å². The maximum absolute atomic E-state index is 12.7. The standard InChI is InChI=1S/C24H33N3O3/c1-5-6-8-18-9-11-19(12-10-18)23(28)26-20-13-14-22(27(2)3)21(17-20)24(29)25-15-7-16-30-4/h9-14,17H,5-8,15-16H2,1-4H3,(H,25,29)(H,26,28). The number of nitrogens with one attached hydrogen (secondary N) is 2. The van der Waals surface area contributed by atoms with Crippen molar-refractivity contribution in [3.8, 4) is 0 Å². The van der Waals surface area contributed by atoms with Gasteiger partial charge in [0, 0.05) is 51.3 Å². The summed E-state index contributed by atoms with van der Waals surface area (Å²) < 4.78 is 5.02. The average Bonchev–Trinajstić information content (AvgIpc) is 2.75. The first kappa shape index (κ1) is 23.4. The molecule has 2 aromatic carbocycles. The number of nitrogens with zero attached hydrogens (tertiary/aromatic N) is 1. The molecule has 0 saturated heterocycles. The van der Waals surface area contributed by atoms with E-state index in [0.717, 1.165) is 31.4 Å². The Morgan fingerprint density at radius 1 is 1.00 bits per heavy atom. The van der Waals surface area contributed by atoms with Crippen LogP contribution in [0.25, 0.3) is 0 Å². The van der Waals surface area contributed by atoms with Gasteiger partial charge in [-0.25, -0.2) is 0 Å². The number of aryl methyl sites for hydroxylation is 1. The van der Waals surface area contributed by atoms with Gasteiger partial charge in [-0.2, -0.15) is 0 Å². The number of rotatable bonds is 11. The van der Waals surface area contributed by atoms with Gasteiger partial charge >= 0.3 is 0 Å². The second kappa shape index (κ2) is 12.0. The highest BCUT2D eigenvalue weighted by Crippen LogP contribution is 2.23. The Bertz CT molecular complexity index is 832. The third kappa shape index (κ3) is 6.88. The van der Waals surface area contributed by atoms with Gasteiger partial charge in [0.25, 0.3) is 11.8 Å². The minimum absolute atomic E-state index is 0.175. The lowest BCUT2D eigenvalue weighted by Gasteiger charge is -2.18. The van der Waals surface area contributed by atoms with E-state index in [2.05, 4.69) is 17.6 Å². The molecule has 6 nitrogen and oxygen atoms in total. The fourth-order valence-electron chi connectivity index (χ4n) is 3.11. The molecule has 162 valence electrons. The van der Waals surface area contributed by atoms with Crippen LogP contribution in [0.5, 0.6) is 0 Å². The molecule has 0 aliphatic heterocycles. The molecular weight excluding hydrogens is 378 g/mol. The quantitative estimate of drug-likeness (QED) is 0.546. The fourth-order valence-corrected chi connectivity index (χ4v) is 3.11. The normalized spacial score (nSPS) is 10.5. The number of carbonyl (C=O) groups is 2. The third-order valence-corrected chi connectivity index (χ3v) is 4.83. The minimum atomic E-state index is -0.193. The van der Waals surface area contributed by atoms with Gasteiger partial charge < -0.3 is 20.3 Å². The van der Waals surface area contributed by atoms with E-state index in [9.17, 15) is 9.59 Å². The van der Waals surface area contributed by atoms with Crippen LogP contribution < -0.4 is 15.5 Å². The smallest absolute Gasteiger partial charge is 0.255 e. The average molecular weight is 412 g/mol. The monoisotopic (exact) mass is 411 g/mol. The lowest BCUT2D eigenvalue weighted by atomic mass is 10.1. The van der Waals surface area contributed by atoms with E-state index in [4.69, 9.17) is 4.74 Å². The van der Waals surface area contributed by atoms with Crippen molar-refractivity contribution in [1.82, 2.24) is 5.32 Å². The van der Waals surface area contributed by atoms with Crippen molar-refractivity contribution in [2.45, 2.75) is 32.6 Å². The molecule has 0 aliphatic carbocycles. The van der Waals surface area contributed by atoms with E-state index in [1.807, 2.05) is 55.4 Å². The summed E-state index contributed by atoms with van der Waals surface area (Å²) in [5, 5.41) is 5.81. The zero-order valence-corrected chi connectivity index (χ0v) is 18.5. The summed E-state index contributed by atoms with van der Waals surface area (Å²) in [5.41, 5.74) is 3.72. The molecule has 0 fully saturated rings. The highest BCUT2D eigenvalue weighted by molar-refractivity contribution is 6.06. The number of ether oxygens (including phenoxy) is 1. The van der Waals surface area contributed by atoms with Crippen LogP contribution in [-0.4, -0.2) is 46.2 Å². The van der Waals surface area contributed by atoms with E-state index in [0.29, 0.717) is 30.0 Å². The molecule has 2 rings (SSSR count). The van der Waals surface area contributed by atoms with Crippen molar-refractivity contribution in [3.63, 3.8) is 0 Å². The largest absolute Gasteiger partial charge is 0.385 e. The fraction of sp³-hybridized carbons (Fsp3) is 0.417. The Morgan fingerprint density at radius 2 is 1.73 bits per heavy atom. The van der Waals surface area contributed by atoms with Gasteiger partial charge in [-0.1, -0.05) is 25.5 Å². The number of amides is 2. The highest BCUT2D eigenvalue weighted by atomic mass is 16.5. The third-order valence-electron chi connectivity index (χ3n) is 4.83. The molecule has 0 radical (unpaired) electrons. The van der Waals surface area contributed by atoms with Crippen molar-refractivity contribution in [1.29, 1.82) is 0 Å². The first-order chi connectivity index (χ1) is 14.5. The van der Waals surface area contributed by atoms with Gasteiger partial charge in [0.2, 0.25) is 0 Å². The van der Waals surface area contributed by atoms with Gasteiger partial charge in [-0.15, -0.1) is 0 Å². The molecule has 0 saturated carbocycles. The Labute approximate surface area is 179 Å². The predicted molar refractivity (Wildman–Crippen MR) is 123 cm³/mol. The molecule has 30 heavy (non-hydrogen) atoms. The second-order valence-corrected chi connectivity index (χ2v) is 7.48. The Balaban J connectivity index is 2.11. The summed E-state index contributed by atoms with van der Waals surface area (Å²) >= 11 is 0. The molecule has 2 aromatic rings. The zero-order valence-electron chi connectivity index (χ0n) is 18.5. The number of unbranched alkanes of at least 4 members (excludes halogenated alkanes) is 1. The summed E-state index contributed by atoms with van der Waals surface area (Å²) in [6.07, 6.45) is 4.05. The van der Waals surface area contributed by atoms with Crippen LogP contribution in [-0.2, 0) is 11.2 Å². The van der Waals surface area contributed by atoms with Crippen molar-refractivity contribution in [3.05, 3.63) is 59.2 Å². The summed E-state index contributed by atoms with van der Waals surface area (Å²) in [6.45, 7) is 3.28. The van der Waals surface area contributed by atoms with Crippen LogP contribution in [0.15, 0.2) is 42.5 Å². The number of benzene rings is 2. The summed E-state index contributed by atoms with van der Waals surface area (Å²) in [4.78, 5) is 27.2. The lowest BCUT2D eigenvalue weighted by molar-refractivity contribution is 0.0947. The summed E-state index contributed by atoms with van der Waals surface area (Å²) in [6, 6.07) is 13.1. The maximum atomic E-state index is 12.7. The number of hydrogen-bond donors (Lipinski definition) is 2. The SMILES string of the molecule is CCCCc1ccc(C(=O)Nc2ccc(N(C)C)c(C(=O)NCCCOC)c2)cc1. The van der Waals surface area contributed by atoms with Crippen LogP contribution in [0.3, 0.4) is 0 Å². The number of methoxy groups -OCH3 is 1. The van der Waals surface area contributed by atoms with Crippen LogP contribution in [0.1, 0.15) is 52.5 Å². The second-order valence-electron chi connectivity index (χ2n) is 7.48. The van der Waals surface area contributed by atoms with E-state index < -0.39 is 0 Å². The number of anilines is 2. The predicted octanol–water partition coefficient (Wildman–Crippen LogP) is 4.11. The van der Waals surface area contributed by atoms with Crippen molar-refractivity contribution in [2.75, 3.05) is 44.6 Å².